The van der Waals surface area contributed by atoms with Crippen molar-refractivity contribution in [3.63, 3.8) is 0 Å². The molecule has 1 unspecified atom stereocenters. The largest absolute Gasteiger partial charge is 0.344 e. The molecule has 0 radical (unpaired) electrons. The van der Waals surface area contributed by atoms with Gasteiger partial charge in [0, 0.05) is 12.3 Å². The molecule has 0 spiro atoms. The number of hydrogen-bond donors (Lipinski definition) is 1. The Bertz CT molecular complexity index is 176. The van der Waals surface area contributed by atoms with Gasteiger partial charge >= 0.3 is 0 Å². The van der Waals surface area contributed by atoms with Gasteiger partial charge in [-0.15, -0.1) is 0 Å². The van der Waals surface area contributed by atoms with Crippen LogP contribution in [-0.4, -0.2) is 17.2 Å². The zero-order chi connectivity index (χ0) is 11.7. The average molecular weight is 234 g/mol. The Labute approximate surface area is 94.9 Å². The summed E-state index contributed by atoms with van der Waals surface area (Å²) in [4.78, 5) is 9.63. The van der Waals surface area contributed by atoms with Gasteiger partial charge in [0.1, 0.15) is 0 Å². The van der Waals surface area contributed by atoms with E-state index in [9.17, 15) is 9.46 Å². The maximum absolute atomic E-state index is 11.7. The predicted octanol–water partition coefficient (Wildman–Crippen LogP) is 4.42. The average Bonchev–Trinajstić information content (AvgIpc) is 2.14. The van der Waals surface area contributed by atoms with Crippen LogP contribution in [0.1, 0.15) is 65.2 Å². The van der Waals surface area contributed by atoms with Gasteiger partial charge in [-0.3, -0.25) is 4.57 Å². The summed E-state index contributed by atoms with van der Waals surface area (Å²) in [6, 6.07) is 0. The van der Waals surface area contributed by atoms with Crippen LogP contribution in [0.15, 0.2) is 0 Å². The fourth-order valence-electron chi connectivity index (χ4n) is 1.88. The Hall–Kier alpha value is 0.190. The van der Waals surface area contributed by atoms with E-state index in [1.165, 1.54) is 32.3 Å². The van der Waals surface area contributed by atoms with Gasteiger partial charge in [0.2, 0.25) is 7.37 Å². The molecule has 0 aromatic heterocycles. The Kier molecular flexibility index (Phi) is 8.46. The molecule has 0 bridgehead atoms. The molecule has 0 aromatic rings. The third-order valence-electron chi connectivity index (χ3n) is 2.96. The lowest BCUT2D eigenvalue weighted by Gasteiger charge is -2.19. The van der Waals surface area contributed by atoms with Crippen molar-refractivity contribution in [3.8, 4) is 0 Å². The molecule has 2 nitrogen and oxygen atoms in total. The van der Waals surface area contributed by atoms with Crippen molar-refractivity contribution in [1.29, 1.82) is 0 Å². The lowest BCUT2D eigenvalue weighted by Crippen LogP contribution is -2.08. The van der Waals surface area contributed by atoms with E-state index < -0.39 is 7.37 Å². The molecular formula is C12H27O2P. The zero-order valence-electron chi connectivity index (χ0n) is 10.5. The van der Waals surface area contributed by atoms with Crippen LogP contribution < -0.4 is 0 Å². The van der Waals surface area contributed by atoms with E-state index >= 15 is 0 Å². The van der Waals surface area contributed by atoms with Gasteiger partial charge < -0.3 is 4.89 Å². The fourth-order valence-corrected chi connectivity index (χ4v) is 3.21. The quantitative estimate of drug-likeness (QED) is 0.473. The molecule has 0 saturated carbocycles. The summed E-state index contributed by atoms with van der Waals surface area (Å²) in [7, 11) is -2.86. The van der Waals surface area contributed by atoms with Crippen LogP contribution in [0.2, 0.25) is 0 Å². The van der Waals surface area contributed by atoms with E-state index in [0.717, 1.165) is 25.7 Å². The standard InChI is InChI=1S/C12H27O2P/c1-4-6-8-10-12(15(3,13)14)11-9-7-5-2/h12H,4-11H2,1-3H3,(H,13,14). The first-order valence-electron chi connectivity index (χ1n) is 6.32. The third-order valence-corrected chi connectivity index (χ3v) is 4.83. The van der Waals surface area contributed by atoms with Crippen molar-refractivity contribution in [2.45, 2.75) is 70.9 Å². The first-order chi connectivity index (χ1) is 7.02. The van der Waals surface area contributed by atoms with E-state index in [2.05, 4.69) is 13.8 Å². The van der Waals surface area contributed by atoms with Gasteiger partial charge in [0.25, 0.3) is 0 Å². The van der Waals surface area contributed by atoms with Crippen molar-refractivity contribution in [2.75, 3.05) is 6.66 Å². The molecule has 0 heterocycles. The van der Waals surface area contributed by atoms with Crippen molar-refractivity contribution in [1.82, 2.24) is 0 Å². The van der Waals surface area contributed by atoms with Gasteiger partial charge in [-0.2, -0.15) is 0 Å². The Balaban J connectivity index is 3.91. The topological polar surface area (TPSA) is 37.3 Å². The first-order valence-corrected chi connectivity index (χ1v) is 8.49. The summed E-state index contributed by atoms with van der Waals surface area (Å²) < 4.78 is 11.7. The van der Waals surface area contributed by atoms with Gasteiger partial charge in [0.15, 0.2) is 0 Å². The summed E-state index contributed by atoms with van der Waals surface area (Å²) in [5, 5.41) is 0. The molecule has 0 rings (SSSR count). The van der Waals surface area contributed by atoms with E-state index in [-0.39, 0.29) is 5.66 Å². The molecule has 1 atom stereocenters. The third kappa shape index (κ3) is 8.04. The minimum Gasteiger partial charge on any atom is -0.344 e. The van der Waals surface area contributed by atoms with Crippen LogP contribution in [0.25, 0.3) is 0 Å². The summed E-state index contributed by atoms with van der Waals surface area (Å²) in [5.74, 6) is 0. The molecule has 92 valence electrons. The molecular weight excluding hydrogens is 207 g/mol. The van der Waals surface area contributed by atoms with E-state index in [0.29, 0.717) is 0 Å². The molecule has 0 aliphatic carbocycles. The number of hydrogen-bond acceptors (Lipinski definition) is 1. The van der Waals surface area contributed by atoms with Gasteiger partial charge in [-0.05, 0) is 12.8 Å². The number of unbranched alkanes of at least 4 members (excludes halogenated alkanes) is 4. The molecule has 3 heteroatoms. The maximum Gasteiger partial charge on any atom is 0.200 e. The monoisotopic (exact) mass is 234 g/mol. The van der Waals surface area contributed by atoms with E-state index in [1.54, 1.807) is 0 Å². The SMILES string of the molecule is CCCCCC(CCCCC)P(C)(=O)O. The van der Waals surface area contributed by atoms with Crippen molar-refractivity contribution < 1.29 is 9.46 Å². The highest BCUT2D eigenvalue weighted by molar-refractivity contribution is 7.57. The molecule has 15 heavy (non-hydrogen) atoms. The maximum atomic E-state index is 11.7. The number of rotatable bonds is 9. The smallest absolute Gasteiger partial charge is 0.200 e. The molecule has 0 aromatic carbocycles. The summed E-state index contributed by atoms with van der Waals surface area (Å²) >= 11 is 0. The molecule has 0 aliphatic rings. The molecule has 0 fully saturated rings. The molecule has 0 amide bonds. The second-order valence-electron chi connectivity index (χ2n) is 4.59. The van der Waals surface area contributed by atoms with Crippen LogP contribution >= 0.6 is 7.37 Å². The van der Waals surface area contributed by atoms with E-state index in [4.69, 9.17) is 0 Å². The Morgan fingerprint density at radius 2 is 1.40 bits per heavy atom. The molecule has 0 aliphatic heterocycles. The summed E-state index contributed by atoms with van der Waals surface area (Å²) in [6.07, 6.45) is 8.80. The second-order valence-corrected chi connectivity index (χ2v) is 7.21. The fraction of sp³-hybridized carbons (Fsp3) is 1.00. The highest BCUT2D eigenvalue weighted by atomic mass is 31.2. The minimum atomic E-state index is -2.86. The Morgan fingerprint density at radius 1 is 1.00 bits per heavy atom. The lowest BCUT2D eigenvalue weighted by atomic mass is 10.1. The van der Waals surface area contributed by atoms with Gasteiger partial charge in [0.05, 0.1) is 0 Å². The van der Waals surface area contributed by atoms with Crippen LogP contribution in [0.3, 0.4) is 0 Å². The Morgan fingerprint density at radius 3 is 1.67 bits per heavy atom. The van der Waals surface area contributed by atoms with Crippen LogP contribution in [0.4, 0.5) is 0 Å². The van der Waals surface area contributed by atoms with Crippen molar-refractivity contribution in [2.24, 2.45) is 0 Å². The highest BCUT2D eigenvalue weighted by Crippen LogP contribution is 2.46. The predicted molar refractivity (Wildman–Crippen MR) is 67.8 cm³/mol. The molecule has 1 N–H and O–H groups in total. The minimum absolute atomic E-state index is 0.0515. The highest BCUT2D eigenvalue weighted by Gasteiger charge is 2.24. The van der Waals surface area contributed by atoms with Gasteiger partial charge in [-0.1, -0.05) is 52.4 Å². The van der Waals surface area contributed by atoms with Crippen LogP contribution in [0.5, 0.6) is 0 Å². The van der Waals surface area contributed by atoms with Crippen LogP contribution in [0, 0.1) is 0 Å². The van der Waals surface area contributed by atoms with Crippen LogP contribution in [-0.2, 0) is 4.57 Å². The second kappa shape index (κ2) is 8.35. The zero-order valence-corrected chi connectivity index (χ0v) is 11.4. The van der Waals surface area contributed by atoms with Gasteiger partial charge in [-0.25, -0.2) is 0 Å². The normalized spacial score (nSPS) is 15.5. The molecule has 0 saturated heterocycles. The van der Waals surface area contributed by atoms with Crippen molar-refractivity contribution in [3.05, 3.63) is 0 Å². The summed E-state index contributed by atoms with van der Waals surface area (Å²) in [6.45, 7) is 5.85. The first kappa shape index (κ1) is 15.2. The van der Waals surface area contributed by atoms with Crippen molar-refractivity contribution >= 4 is 7.37 Å². The summed E-state index contributed by atoms with van der Waals surface area (Å²) in [5.41, 5.74) is 0.0515. The van der Waals surface area contributed by atoms with E-state index in [1.807, 2.05) is 0 Å². The lowest BCUT2D eigenvalue weighted by molar-refractivity contribution is 0.448.